The molecule has 26 heavy (non-hydrogen) atoms. The fraction of sp³-hybridized carbons (Fsp3) is 0.316. The molecule has 0 N–H and O–H groups in total. The summed E-state index contributed by atoms with van der Waals surface area (Å²) in [6, 6.07) is 9.50. The van der Waals surface area contributed by atoms with Crippen LogP contribution in [0.3, 0.4) is 0 Å². The van der Waals surface area contributed by atoms with Gasteiger partial charge in [0.05, 0.1) is 50.2 Å². The summed E-state index contributed by atoms with van der Waals surface area (Å²) in [5.74, 6) is 2.41. The summed E-state index contributed by atoms with van der Waals surface area (Å²) >= 11 is 2.23. The Labute approximate surface area is 166 Å². The summed E-state index contributed by atoms with van der Waals surface area (Å²) < 4.78 is 22.5. The van der Waals surface area contributed by atoms with Gasteiger partial charge in [-0.15, -0.1) is 0 Å². The Balaban J connectivity index is 2.00. The van der Waals surface area contributed by atoms with E-state index >= 15 is 0 Å². The van der Waals surface area contributed by atoms with E-state index in [1.165, 1.54) is 0 Å². The molecule has 1 aliphatic heterocycles. The van der Waals surface area contributed by atoms with Crippen LogP contribution in [-0.4, -0.2) is 34.3 Å². The third kappa shape index (κ3) is 3.15. The Bertz CT molecular complexity index is 814. The molecule has 0 spiro atoms. The zero-order valence-electron chi connectivity index (χ0n) is 15.0. The number of halogens is 1. The van der Waals surface area contributed by atoms with Crippen molar-refractivity contribution in [3.63, 3.8) is 0 Å². The number of anilines is 1. The second-order valence-electron chi connectivity index (χ2n) is 5.76. The lowest BCUT2D eigenvalue weighted by Crippen LogP contribution is -2.46. The third-order valence-electron chi connectivity index (χ3n) is 4.44. The highest BCUT2D eigenvalue weighted by Crippen LogP contribution is 2.46. The molecule has 7 heteroatoms. The van der Waals surface area contributed by atoms with Gasteiger partial charge in [0.1, 0.15) is 5.75 Å². The van der Waals surface area contributed by atoms with E-state index in [-0.39, 0.29) is 11.9 Å². The Hall–Kier alpha value is -2.16. The highest BCUT2D eigenvalue weighted by Gasteiger charge is 2.39. The van der Waals surface area contributed by atoms with Crippen LogP contribution in [0.2, 0.25) is 0 Å². The molecule has 0 saturated carbocycles. The van der Waals surface area contributed by atoms with Gasteiger partial charge < -0.3 is 23.8 Å². The zero-order valence-corrected chi connectivity index (χ0v) is 17.2. The maximum atomic E-state index is 12.4. The van der Waals surface area contributed by atoms with Gasteiger partial charge in [0.25, 0.3) is 0 Å². The number of methoxy groups -OCH3 is 4. The Morgan fingerprint density at radius 1 is 0.923 bits per heavy atom. The minimum absolute atomic E-state index is 0.0373. The van der Waals surface area contributed by atoms with Crippen LogP contribution in [-0.2, 0) is 4.79 Å². The number of nitrogens with zero attached hydrogens (tertiary/aromatic N) is 1. The molecule has 2 aromatic rings. The van der Waals surface area contributed by atoms with Crippen molar-refractivity contribution >= 4 is 34.2 Å². The number of carbonyl (C=O) groups is 1. The minimum atomic E-state index is -0.0373. The van der Waals surface area contributed by atoms with Crippen LogP contribution in [0.1, 0.15) is 18.0 Å². The second kappa shape index (κ2) is 7.61. The largest absolute Gasteiger partial charge is 0.496 e. The molecule has 1 atom stereocenters. The van der Waals surface area contributed by atoms with Crippen molar-refractivity contribution in [2.45, 2.75) is 12.5 Å². The molecule has 0 radical (unpaired) electrons. The van der Waals surface area contributed by atoms with Crippen molar-refractivity contribution in [3.05, 3.63) is 39.5 Å². The van der Waals surface area contributed by atoms with Crippen LogP contribution in [0.5, 0.6) is 23.0 Å². The lowest BCUT2D eigenvalue weighted by molar-refractivity contribution is -0.124. The first-order valence-electron chi connectivity index (χ1n) is 7.99. The van der Waals surface area contributed by atoms with Gasteiger partial charge in [-0.2, -0.15) is 0 Å². The van der Waals surface area contributed by atoms with Gasteiger partial charge in [-0.25, -0.2) is 0 Å². The van der Waals surface area contributed by atoms with E-state index in [1.807, 2.05) is 18.2 Å². The molecule has 0 bridgehead atoms. The predicted molar refractivity (Wildman–Crippen MR) is 107 cm³/mol. The van der Waals surface area contributed by atoms with Crippen LogP contribution in [0.25, 0.3) is 0 Å². The molecule has 138 valence electrons. The van der Waals surface area contributed by atoms with Crippen LogP contribution >= 0.6 is 22.6 Å². The first-order chi connectivity index (χ1) is 12.5. The van der Waals surface area contributed by atoms with Crippen LogP contribution < -0.4 is 23.8 Å². The van der Waals surface area contributed by atoms with Crippen LogP contribution in [0, 0.1) is 3.57 Å². The molecular weight excluding hydrogens is 449 g/mol. The van der Waals surface area contributed by atoms with E-state index in [0.29, 0.717) is 29.4 Å². The monoisotopic (exact) mass is 469 g/mol. The molecule has 3 rings (SSSR count). The van der Waals surface area contributed by atoms with Gasteiger partial charge in [-0.1, -0.05) is 6.07 Å². The number of β-lactam (4-membered cyclic amide) rings is 1. The Morgan fingerprint density at radius 2 is 1.54 bits per heavy atom. The van der Waals surface area contributed by atoms with Gasteiger partial charge >= 0.3 is 0 Å². The van der Waals surface area contributed by atoms with Gasteiger partial charge in [0.15, 0.2) is 11.5 Å². The van der Waals surface area contributed by atoms with Crippen LogP contribution in [0.4, 0.5) is 5.69 Å². The normalized spacial score (nSPS) is 16.1. The topological polar surface area (TPSA) is 57.2 Å². The van der Waals surface area contributed by atoms with E-state index in [1.54, 1.807) is 45.5 Å². The van der Waals surface area contributed by atoms with Crippen molar-refractivity contribution in [2.75, 3.05) is 33.3 Å². The number of amides is 1. The summed E-state index contributed by atoms with van der Waals surface area (Å²) in [7, 11) is 6.31. The summed E-state index contributed by atoms with van der Waals surface area (Å²) in [4.78, 5) is 14.1. The van der Waals surface area contributed by atoms with Gasteiger partial charge in [-0.05, 0) is 40.3 Å². The fourth-order valence-corrected chi connectivity index (χ4v) is 3.86. The van der Waals surface area contributed by atoms with Crippen molar-refractivity contribution in [1.29, 1.82) is 0 Å². The summed E-state index contributed by atoms with van der Waals surface area (Å²) in [6.07, 6.45) is 0.457. The fourth-order valence-electron chi connectivity index (χ4n) is 3.10. The maximum Gasteiger partial charge on any atom is 0.230 e. The Kier molecular flexibility index (Phi) is 5.45. The maximum absolute atomic E-state index is 12.4. The second-order valence-corrected chi connectivity index (χ2v) is 6.92. The smallest absolute Gasteiger partial charge is 0.230 e. The molecule has 1 aliphatic rings. The number of benzene rings is 2. The number of carbonyl (C=O) groups excluding carboxylic acids is 1. The number of rotatable bonds is 6. The molecular formula is C19H20INO5. The first kappa shape index (κ1) is 18.6. The molecule has 1 fully saturated rings. The van der Waals surface area contributed by atoms with E-state index in [9.17, 15) is 4.79 Å². The third-order valence-corrected chi connectivity index (χ3v) is 5.28. The molecule has 2 aromatic carbocycles. The average Bonchev–Trinajstić information content (AvgIpc) is 2.64. The van der Waals surface area contributed by atoms with Crippen molar-refractivity contribution in [2.24, 2.45) is 0 Å². The minimum Gasteiger partial charge on any atom is -0.496 e. The van der Waals surface area contributed by atoms with Crippen molar-refractivity contribution in [1.82, 2.24) is 0 Å². The molecule has 0 aromatic heterocycles. The zero-order chi connectivity index (χ0) is 18.8. The molecule has 0 unspecified atom stereocenters. The quantitative estimate of drug-likeness (QED) is 0.476. The summed E-state index contributed by atoms with van der Waals surface area (Å²) in [5.41, 5.74) is 1.77. The van der Waals surface area contributed by atoms with Gasteiger partial charge in [0.2, 0.25) is 11.7 Å². The van der Waals surface area contributed by atoms with E-state index in [0.717, 1.165) is 14.9 Å². The molecule has 1 heterocycles. The number of hydrogen-bond donors (Lipinski definition) is 0. The highest BCUT2D eigenvalue weighted by molar-refractivity contribution is 14.1. The number of hydrogen-bond acceptors (Lipinski definition) is 5. The van der Waals surface area contributed by atoms with Crippen molar-refractivity contribution in [3.8, 4) is 23.0 Å². The summed E-state index contributed by atoms with van der Waals surface area (Å²) in [6.45, 7) is 0. The Morgan fingerprint density at radius 3 is 2.00 bits per heavy atom. The highest BCUT2D eigenvalue weighted by atomic mass is 127. The van der Waals surface area contributed by atoms with Gasteiger partial charge in [-0.3, -0.25) is 4.79 Å². The van der Waals surface area contributed by atoms with E-state index in [2.05, 4.69) is 22.6 Å². The molecule has 1 amide bonds. The average molecular weight is 469 g/mol. The van der Waals surface area contributed by atoms with E-state index in [4.69, 9.17) is 18.9 Å². The number of ether oxygens (including phenoxy) is 4. The van der Waals surface area contributed by atoms with Crippen LogP contribution in [0.15, 0.2) is 30.3 Å². The summed E-state index contributed by atoms with van der Waals surface area (Å²) in [5, 5.41) is 0. The standard InChI is InChI=1S/C19H20INO5/c1-23-15-6-5-11(7-13(15)20)14-10-18(22)21(14)12-8-16(24-2)19(26-4)17(9-12)25-3/h5-9,14H,10H2,1-4H3/t14-/m1/s1. The molecule has 0 aliphatic carbocycles. The van der Waals surface area contributed by atoms with Gasteiger partial charge in [0, 0.05) is 12.1 Å². The molecule has 6 nitrogen and oxygen atoms in total. The van der Waals surface area contributed by atoms with E-state index < -0.39 is 0 Å². The lowest BCUT2D eigenvalue weighted by Gasteiger charge is -2.41. The first-order valence-corrected chi connectivity index (χ1v) is 9.07. The lowest BCUT2D eigenvalue weighted by atomic mass is 9.93. The molecule has 1 saturated heterocycles. The SMILES string of the molecule is COc1ccc([C@H]2CC(=O)N2c2cc(OC)c(OC)c(OC)c2)cc1I. The predicted octanol–water partition coefficient (Wildman–Crippen LogP) is 3.80. The van der Waals surface area contributed by atoms with Crippen molar-refractivity contribution < 1.29 is 23.7 Å².